The normalized spacial score (nSPS) is 13.6. The van der Waals surface area contributed by atoms with Crippen LogP contribution in [0.5, 0.6) is 0 Å². The Morgan fingerprint density at radius 1 is 1.03 bits per heavy atom. The number of nitrogens with zero attached hydrogens (tertiary/aromatic N) is 5. The van der Waals surface area contributed by atoms with Gasteiger partial charge < -0.3 is 9.32 Å². The lowest BCUT2D eigenvalue weighted by Crippen LogP contribution is -2.35. The van der Waals surface area contributed by atoms with Gasteiger partial charge in [-0.1, -0.05) is 54.6 Å². The molecule has 1 aliphatic heterocycles. The maximum Gasteiger partial charge on any atom is 0.268 e. The van der Waals surface area contributed by atoms with E-state index < -0.39 is 0 Å². The Hall–Kier alpha value is -4.13. The van der Waals surface area contributed by atoms with Crippen LogP contribution in [-0.2, 0) is 11.2 Å². The summed E-state index contributed by atoms with van der Waals surface area (Å²) in [4.78, 5) is 23.8. The first-order chi connectivity index (χ1) is 16.2. The van der Waals surface area contributed by atoms with E-state index in [9.17, 15) is 4.79 Å². The monoisotopic (exact) mass is 439 g/mol. The summed E-state index contributed by atoms with van der Waals surface area (Å²) in [7, 11) is 0. The molecule has 166 valence electrons. The fraction of sp³-hybridized carbons (Fsp3) is 0.192. The second kappa shape index (κ2) is 9.16. The quantitative estimate of drug-likeness (QED) is 0.452. The Kier molecular flexibility index (Phi) is 5.76. The summed E-state index contributed by atoms with van der Waals surface area (Å²) >= 11 is 0. The van der Waals surface area contributed by atoms with E-state index in [1.165, 1.54) is 0 Å². The molecule has 7 nitrogen and oxygen atoms in total. The largest absolute Gasteiger partial charge is 0.415 e. The summed E-state index contributed by atoms with van der Waals surface area (Å²) < 4.78 is 5.89. The van der Waals surface area contributed by atoms with Crippen molar-refractivity contribution < 1.29 is 10.6 Å². The highest BCUT2D eigenvalue weighted by atomic mass is 16.4. The zero-order chi connectivity index (χ0) is 22.6. The molecule has 1 amide bonds. The number of amides is 1. The van der Waals surface area contributed by atoms with Crippen LogP contribution in [0.2, 0.25) is 0 Å². The van der Waals surface area contributed by atoms with Gasteiger partial charge in [0.05, 0.1) is 24.0 Å². The molecule has 3 heterocycles. The lowest BCUT2D eigenvalue weighted by Gasteiger charge is -2.26. The third-order valence-corrected chi connectivity index (χ3v) is 5.69. The molecular formula is C26H25N5O2. The maximum atomic E-state index is 12.7. The van der Waals surface area contributed by atoms with Gasteiger partial charge in [-0.2, -0.15) is 0 Å². The molecule has 0 fully saturated rings. The van der Waals surface area contributed by atoms with E-state index in [-0.39, 0.29) is 7.33 Å². The minimum atomic E-state index is 0. The molecule has 0 N–H and O–H groups in total. The molecule has 0 spiro atoms. The second-order valence-electron chi connectivity index (χ2n) is 7.95. The highest BCUT2D eigenvalue weighted by Gasteiger charge is 2.21. The smallest absolute Gasteiger partial charge is 0.268 e. The van der Waals surface area contributed by atoms with Crippen LogP contribution < -0.4 is 0 Å². The number of aromatic nitrogens is 4. The first kappa shape index (κ1) is 20.8. The first-order valence-corrected chi connectivity index (χ1v) is 10.9. The Morgan fingerprint density at radius 2 is 1.76 bits per heavy atom. The van der Waals surface area contributed by atoms with Crippen molar-refractivity contribution >= 4 is 11.5 Å². The van der Waals surface area contributed by atoms with Crippen LogP contribution in [-0.4, -0.2) is 44.1 Å². The van der Waals surface area contributed by atoms with E-state index in [1.807, 2.05) is 72.5 Å². The van der Waals surface area contributed by atoms with Crippen molar-refractivity contribution in [3.05, 3.63) is 89.9 Å². The maximum absolute atomic E-state index is 12.7. The molecule has 2 aromatic carbocycles. The Morgan fingerprint density at radius 3 is 2.48 bits per heavy atom. The van der Waals surface area contributed by atoms with Gasteiger partial charge in [0.25, 0.3) is 5.89 Å². The van der Waals surface area contributed by atoms with E-state index in [2.05, 4.69) is 21.3 Å². The van der Waals surface area contributed by atoms with Crippen molar-refractivity contribution in [3.8, 4) is 23.0 Å². The molecule has 4 aromatic rings. The standard InChI is InChI=1S/C26H23N5O2.H2/c1-18-24(26-30-29-25(33-26)21-10-6-3-7-11-21)28-22(17-27-18)20-12-14-31(15-13-20)23(32)16-19-8-4-2-5-9-19;/h2-12,17H,13-16H2,1H3;1H. The predicted molar refractivity (Wildman–Crippen MR) is 127 cm³/mol. The van der Waals surface area contributed by atoms with Crippen molar-refractivity contribution in [2.75, 3.05) is 13.1 Å². The lowest BCUT2D eigenvalue weighted by atomic mass is 10.0. The highest BCUT2D eigenvalue weighted by Crippen LogP contribution is 2.27. The lowest BCUT2D eigenvalue weighted by molar-refractivity contribution is -0.130. The van der Waals surface area contributed by atoms with Crippen LogP contribution in [0.3, 0.4) is 0 Å². The molecule has 5 rings (SSSR count). The molecule has 1 aliphatic rings. The van der Waals surface area contributed by atoms with Gasteiger partial charge in [0.2, 0.25) is 11.8 Å². The zero-order valence-corrected chi connectivity index (χ0v) is 18.3. The van der Waals surface area contributed by atoms with Crippen molar-refractivity contribution in [3.63, 3.8) is 0 Å². The zero-order valence-electron chi connectivity index (χ0n) is 18.3. The van der Waals surface area contributed by atoms with Gasteiger partial charge in [0, 0.05) is 20.1 Å². The van der Waals surface area contributed by atoms with Crippen molar-refractivity contribution in [2.24, 2.45) is 0 Å². The number of carbonyl (C=O) groups is 1. The minimum absolute atomic E-state index is 0. The summed E-state index contributed by atoms with van der Waals surface area (Å²) in [5.74, 6) is 0.921. The number of rotatable bonds is 5. The van der Waals surface area contributed by atoms with E-state index >= 15 is 0 Å². The van der Waals surface area contributed by atoms with E-state index in [4.69, 9.17) is 9.40 Å². The van der Waals surface area contributed by atoms with E-state index in [0.29, 0.717) is 37.0 Å². The molecule has 7 heteroatoms. The van der Waals surface area contributed by atoms with Crippen molar-refractivity contribution in [1.82, 2.24) is 25.1 Å². The third-order valence-electron chi connectivity index (χ3n) is 5.69. The van der Waals surface area contributed by atoms with Crippen LogP contribution in [0.15, 0.2) is 77.4 Å². The van der Waals surface area contributed by atoms with Gasteiger partial charge in [-0.3, -0.25) is 9.78 Å². The van der Waals surface area contributed by atoms with Gasteiger partial charge in [-0.15, -0.1) is 10.2 Å². The van der Waals surface area contributed by atoms with Crippen LogP contribution in [0.1, 0.15) is 24.8 Å². The average molecular weight is 440 g/mol. The SMILES string of the molecule is Cc1ncc(C2=CCN(C(=O)Cc3ccccc3)CC2)nc1-c1nnc(-c2ccccc2)o1.[HH]. The van der Waals surface area contributed by atoms with Crippen molar-refractivity contribution in [2.45, 2.75) is 19.8 Å². The second-order valence-corrected chi connectivity index (χ2v) is 7.95. The van der Waals surface area contributed by atoms with Gasteiger partial charge in [0.15, 0.2) is 0 Å². The highest BCUT2D eigenvalue weighted by molar-refractivity contribution is 5.80. The first-order valence-electron chi connectivity index (χ1n) is 10.9. The third kappa shape index (κ3) is 4.57. The predicted octanol–water partition coefficient (Wildman–Crippen LogP) is 4.61. The summed E-state index contributed by atoms with van der Waals surface area (Å²) in [6.45, 7) is 3.09. The van der Waals surface area contributed by atoms with E-state index in [0.717, 1.165) is 34.5 Å². The van der Waals surface area contributed by atoms with Crippen LogP contribution in [0, 0.1) is 6.92 Å². The van der Waals surface area contributed by atoms with Crippen LogP contribution in [0.25, 0.3) is 28.6 Å². The fourth-order valence-corrected chi connectivity index (χ4v) is 3.83. The van der Waals surface area contributed by atoms with Gasteiger partial charge in [0.1, 0.15) is 5.69 Å². The van der Waals surface area contributed by atoms with Crippen LogP contribution in [0.4, 0.5) is 0 Å². The molecule has 33 heavy (non-hydrogen) atoms. The van der Waals surface area contributed by atoms with Gasteiger partial charge in [-0.05, 0) is 36.6 Å². The molecule has 0 radical (unpaired) electrons. The number of hydrogen-bond acceptors (Lipinski definition) is 6. The summed E-state index contributed by atoms with van der Waals surface area (Å²) in [5.41, 5.74) is 5.01. The fourth-order valence-electron chi connectivity index (χ4n) is 3.83. The summed E-state index contributed by atoms with van der Waals surface area (Å²) in [5, 5.41) is 8.36. The Labute approximate surface area is 193 Å². The molecule has 0 saturated heterocycles. The Balaban J connectivity index is 0.00000274. The molecule has 0 aliphatic carbocycles. The molecule has 0 bridgehead atoms. The van der Waals surface area contributed by atoms with E-state index in [1.54, 1.807) is 6.20 Å². The number of aryl methyl sites for hydroxylation is 1. The number of carbonyl (C=O) groups excluding carboxylic acids is 1. The molecule has 2 aromatic heterocycles. The number of hydrogen-bond donors (Lipinski definition) is 0. The summed E-state index contributed by atoms with van der Waals surface area (Å²) in [6, 6.07) is 19.5. The molecule has 0 atom stereocenters. The Bertz CT molecular complexity index is 1310. The van der Waals surface area contributed by atoms with Gasteiger partial charge in [-0.25, -0.2) is 4.98 Å². The summed E-state index contributed by atoms with van der Waals surface area (Å²) in [6.07, 6.45) is 4.95. The minimum Gasteiger partial charge on any atom is -0.415 e. The van der Waals surface area contributed by atoms with Gasteiger partial charge >= 0.3 is 0 Å². The average Bonchev–Trinajstić information content (AvgIpc) is 3.36. The topological polar surface area (TPSA) is 85.0 Å². The molecule has 0 saturated carbocycles. The van der Waals surface area contributed by atoms with Crippen molar-refractivity contribution in [1.29, 1.82) is 0 Å². The molecule has 0 unspecified atom stereocenters. The molecular weight excluding hydrogens is 414 g/mol. The van der Waals surface area contributed by atoms with Crippen LogP contribution >= 0.6 is 0 Å². The number of benzene rings is 2.